The van der Waals surface area contributed by atoms with Crippen molar-refractivity contribution in [1.29, 1.82) is 0 Å². The van der Waals surface area contributed by atoms with E-state index in [2.05, 4.69) is 37.8 Å². The van der Waals surface area contributed by atoms with Gasteiger partial charge >= 0.3 is 0 Å². The van der Waals surface area contributed by atoms with Gasteiger partial charge in [-0.3, -0.25) is 0 Å². The third-order valence-corrected chi connectivity index (χ3v) is 3.72. The fourth-order valence-corrected chi connectivity index (χ4v) is 2.52. The van der Waals surface area contributed by atoms with Crippen molar-refractivity contribution < 1.29 is 17.3 Å². The third kappa shape index (κ3) is 4.37. The zero-order valence-corrected chi connectivity index (χ0v) is 12.0. The van der Waals surface area contributed by atoms with E-state index in [1.165, 1.54) is 19.4 Å². The second kappa shape index (κ2) is 7.46. The number of nitrogens with one attached hydrogen (secondary N) is 1. The van der Waals surface area contributed by atoms with E-state index in [-0.39, 0.29) is 12.4 Å². The van der Waals surface area contributed by atoms with Gasteiger partial charge in [-0.1, -0.05) is 31.0 Å². The van der Waals surface area contributed by atoms with Crippen molar-refractivity contribution in [2.45, 2.75) is 32.7 Å². The molecule has 0 saturated carbocycles. The van der Waals surface area contributed by atoms with Crippen molar-refractivity contribution in [1.82, 2.24) is 0 Å². The van der Waals surface area contributed by atoms with Crippen molar-refractivity contribution in [3.63, 3.8) is 0 Å². The molecule has 0 aromatic heterocycles. The van der Waals surface area contributed by atoms with Gasteiger partial charge in [0.05, 0.1) is 12.6 Å². The summed E-state index contributed by atoms with van der Waals surface area (Å²) in [5, 5.41) is 0. The van der Waals surface area contributed by atoms with E-state index in [0.29, 0.717) is 0 Å². The highest BCUT2D eigenvalue weighted by atomic mass is 35.5. The molecule has 0 bridgehead atoms. The van der Waals surface area contributed by atoms with Gasteiger partial charge in [0.15, 0.2) is 0 Å². The summed E-state index contributed by atoms with van der Waals surface area (Å²) >= 11 is 0. The number of piperidine rings is 1. The first-order valence-corrected chi connectivity index (χ1v) is 6.64. The maximum absolute atomic E-state index is 3.34. The van der Waals surface area contributed by atoms with Crippen molar-refractivity contribution in [3.05, 3.63) is 35.9 Å². The topological polar surface area (TPSA) is 4.44 Å². The molecular formula is C16H22ClN. The van der Waals surface area contributed by atoms with Crippen LogP contribution in [0.5, 0.6) is 0 Å². The highest BCUT2D eigenvalue weighted by Crippen LogP contribution is 2.09. The molecule has 1 aliphatic heterocycles. The zero-order valence-electron chi connectivity index (χ0n) is 11.2. The Bertz CT molecular complexity index is 404. The van der Waals surface area contributed by atoms with Gasteiger partial charge in [-0.05, 0) is 37.8 Å². The van der Waals surface area contributed by atoms with E-state index in [0.717, 1.165) is 24.1 Å². The van der Waals surface area contributed by atoms with Crippen LogP contribution in [0.25, 0.3) is 0 Å². The first kappa shape index (κ1) is 15.1. The second-order valence-corrected chi connectivity index (χ2v) is 5.29. The van der Waals surface area contributed by atoms with Crippen molar-refractivity contribution >= 4 is 0 Å². The minimum absolute atomic E-state index is 0. The van der Waals surface area contributed by atoms with Crippen molar-refractivity contribution in [2.75, 3.05) is 13.1 Å². The zero-order chi connectivity index (χ0) is 12.1. The number of rotatable bonds is 1. The van der Waals surface area contributed by atoms with Gasteiger partial charge in [-0.15, -0.1) is 0 Å². The summed E-state index contributed by atoms with van der Waals surface area (Å²) in [4.78, 5) is 1.66. The van der Waals surface area contributed by atoms with Crippen LogP contribution in [0.2, 0.25) is 0 Å². The van der Waals surface area contributed by atoms with Crippen LogP contribution < -0.4 is 17.3 Å². The van der Waals surface area contributed by atoms with E-state index >= 15 is 0 Å². The van der Waals surface area contributed by atoms with Crippen LogP contribution in [0.15, 0.2) is 30.3 Å². The predicted octanol–water partition coefficient (Wildman–Crippen LogP) is -1.25. The van der Waals surface area contributed by atoms with E-state index in [1.54, 1.807) is 4.90 Å². The number of hydrogen-bond donors (Lipinski definition) is 1. The first-order chi connectivity index (χ1) is 8.25. The maximum Gasteiger partial charge on any atom is 0.139 e. The number of benzene rings is 1. The van der Waals surface area contributed by atoms with Crippen LogP contribution in [0.4, 0.5) is 0 Å². The fourth-order valence-electron chi connectivity index (χ4n) is 2.52. The Balaban J connectivity index is 0.00000162. The Labute approximate surface area is 117 Å². The molecule has 1 aromatic rings. The summed E-state index contributed by atoms with van der Waals surface area (Å²) in [5.74, 6) is 7.45. The standard InChI is InChI=1S/C16H21N.ClH/c1-14-10-11-15(2)17(13-14)12-6-9-16-7-4-3-5-8-16;/h3-5,7-8,14-15H,10-13H2,1-2H3;1H/t14-,15-;/m0./s1. The molecule has 18 heavy (non-hydrogen) atoms. The lowest BCUT2D eigenvalue weighted by atomic mass is 9.95. The molecule has 2 rings (SSSR count). The monoisotopic (exact) mass is 263 g/mol. The largest absolute Gasteiger partial charge is 1.00 e. The maximum atomic E-state index is 3.34. The number of likely N-dealkylation sites (tertiary alicyclic amines) is 1. The van der Waals surface area contributed by atoms with Crippen LogP contribution in [-0.2, 0) is 0 Å². The Morgan fingerprint density at radius 1 is 1.17 bits per heavy atom. The lowest BCUT2D eigenvalue weighted by Gasteiger charge is -2.32. The molecule has 0 aliphatic carbocycles. The molecule has 1 saturated heterocycles. The molecule has 0 spiro atoms. The lowest BCUT2D eigenvalue weighted by molar-refractivity contribution is -0.925. The molecular weight excluding hydrogens is 242 g/mol. The molecule has 1 nitrogen and oxygen atoms in total. The van der Waals surface area contributed by atoms with Crippen LogP contribution in [0, 0.1) is 17.8 Å². The van der Waals surface area contributed by atoms with Crippen LogP contribution in [0.3, 0.4) is 0 Å². The molecule has 0 amide bonds. The summed E-state index contributed by atoms with van der Waals surface area (Å²) in [5.41, 5.74) is 1.13. The summed E-state index contributed by atoms with van der Waals surface area (Å²) in [6.45, 7) is 6.98. The summed E-state index contributed by atoms with van der Waals surface area (Å²) < 4.78 is 0. The fraction of sp³-hybridized carbons (Fsp3) is 0.500. The van der Waals surface area contributed by atoms with E-state index in [4.69, 9.17) is 0 Å². The molecule has 0 radical (unpaired) electrons. The molecule has 1 heterocycles. The molecule has 1 aliphatic rings. The molecule has 1 aromatic carbocycles. The molecule has 3 atom stereocenters. The Hall–Kier alpha value is -0.970. The van der Waals surface area contributed by atoms with Gasteiger partial charge in [-0.25, -0.2) is 0 Å². The van der Waals surface area contributed by atoms with E-state index in [9.17, 15) is 0 Å². The van der Waals surface area contributed by atoms with Gasteiger partial charge in [0, 0.05) is 11.5 Å². The summed E-state index contributed by atoms with van der Waals surface area (Å²) in [7, 11) is 0. The second-order valence-electron chi connectivity index (χ2n) is 5.29. The van der Waals surface area contributed by atoms with Crippen molar-refractivity contribution in [3.8, 4) is 11.8 Å². The van der Waals surface area contributed by atoms with Gasteiger partial charge < -0.3 is 17.3 Å². The average Bonchev–Trinajstić information content (AvgIpc) is 2.35. The highest BCUT2D eigenvalue weighted by molar-refractivity contribution is 5.33. The molecule has 2 heteroatoms. The van der Waals surface area contributed by atoms with Gasteiger partial charge in [0.2, 0.25) is 0 Å². The molecule has 98 valence electrons. The first-order valence-electron chi connectivity index (χ1n) is 6.64. The molecule has 1 unspecified atom stereocenters. The lowest BCUT2D eigenvalue weighted by Crippen LogP contribution is -3.16. The van der Waals surface area contributed by atoms with E-state index < -0.39 is 0 Å². The highest BCUT2D eigenvalue weighted by Gasteiger charge is 2.25. The minimum atomic E-state index is 0. The molecule has 1 fully saturated rings. The smallest absolute Gasteiger partial charge is 0.139 e. The SMILES string of the molecule is C[C@H]1CC[C@H](C)[NH+](CC#Cc2ccccc2)C1.[Cl-]. The number of quaternary nitrogens is 1. The average molecular weight is 264 g/mol. The Kier molecular flexibility index (Phi) is 6.25. The van der Waals surface area contributed by atoms with Gasteiger partial charge in [-0.2, -0.15) is 0 Å². The minimum Gasteiger partial charge on any atom is -1.00 e. The van der Waals surface area contributed by atoms with Crippen LogP contribution in [0.1, 0.15) is 32.3 Å². The quantitative estimate of drug-likeness (QED) is 0.604. The Morgan fingerprint density at radius 3 is 2.61 bits per heavy atom. The predicted molar refractivity (Wildman–Crippen MR) is 71.9 cm³/mol. The van der Waals surface area contributed by atoms with Crippen molar-refractivity contribution in [2.24, 2.45) is 5.92 Å². The van der Waals surface area contributed by atoms with Crippen LogP contribution >= 0.6 is 0 Å². The van der Waals surface area contributed by atoms with E-state index in [1.807, 2.05) is 18.2 Å². The number of hydrogen-bond acceptors (Lipinski definition) is 0. The van der Waals surface area contributed by atoms with Crippen LogP contribution in [-0.4, -0.2) is 19.1 Å². The van der Waals surface area contributed by atoms with Gasteiger partial charge in [0.25, 0.3) is 0 Å². The Morgan fingerprint density at radius 2 is 1.89 bits per heavy atom. The summed E-state index contributed by atoms with van der Waals surface area (Å²) in [6.07, 6.45) is 2.74. The van der Waals surface area contributed by atoms with Gasteiger partial charge in [0.1, 0.15) is 6.54 Å². The number of halogens is 1. The third-order valence-electron chi connectivity index (χ3n) is 3.72. The molecule has 1 N–H and O–H groups in total. The normalized spacial score (nSPS) is 26.7. The summed E-state index contributed by atoms with van der Waals surface area (Å²) in [6, 6.07) is 11.0.